The molecule has 0 rings (SSSR count). The SMILES string of the molecule is CC(C)C[C@H](NC(=O)[C@H](CO)NC(=O)[C@H](CCCCN)NC(=O)[C@@H](N)C(C)C)C(=O)N[C@@H](CC(N)=O)C(=O)N[C@@H](CS)C(=O)O. The molecule has 17 nitrogen and oxygen atoms in total. The van der Waals surface area contributed by atoms with Crippen molar-refractivity contribution in [1.29, 1.82) is 0 Å². The van der Waals surface area contributed by atoms with Crippen LogP contribution in [0.15, 0.2) is 0 Å². The molecule has 0 heterocycles. The molecule has 6 amide bonds. The summed E-state index contributed by atoms with van der Waals surface area (Å²) in [6.07, 6.45) is 0.572. The lowest BCUT2D eigenvalue weighted by atomic mass is 10.0. The van der Waals surface area contributed by atoms with Crippen LogP contribution in [0.4, 0.5) is 0 Å². The standard InChI is InChI=1S/C27H50N8O9S/c1-13(2)9-16(23(39)33-17(10-20(29)37)24(40)35-19(12-45)27(43)44)32-25(41)18(11-36)34-22(38)15(7-5-6-8-28)31-26(42)21(30)14(3)4/h13-19,21,36,45H,5-12,28,30H2,1-4H3,(H2,29,37)(H,31,42)(H,32,41)(H,33,39)(H,34,38)(H,35,40)(H,43,44)/t15-,16-,17-,18-,19-,21-/m0/s1. The topological polar surface area (TPSA) is 298 Å². The van der Waals surface area contributed by atoms with Crippen LogP contribution < -0.4 is 43.8 Å². The Kier molecular flexibility index (Phi) is 19.6. The molecule has 0 aliphatic rings. The quantitative estimate of drug-likeness (QED) is 0.0398. The van der Waals surface area contributed by atoms with Crippen LogP contribution in [0, 0.1) is 11.8 Å². The Balaban J connectivity index is 5.85. The van der Waals surface area contributed by atoms with E-state index in [1.807, 2.05) is 0 Å². The van der Waals surface area contributed by atoms with Gasteiger partial charge in [-0.25, -0.2) is 4.79 Å². The highest BCUT2D eigenvalue weighted by molar-refractivity contribution is 7.80. The molecule has 13 N–H and O–H groups in total. The summed E-state index contributed by atoms with van der Waals surface area (Å²) in [6, 6.07) is -7.83. The van der Waals surface area contributed by atoms with Crippen LogP contribution in [-0.2, 0) is 33.6 Å². The molecule has 0 unspecified atom stereocenters. The molecule has 258 valence electrons. The van der Waals surface area contributed by atoms with Crippen molar-refractivity contribution in [2.45, 2.75) is 96.1 Å². The molecule has 0 aromatic carbocycles. The summed E-state index contributed by atoms with van der Waals surface area (Å²) in [5, 5.41) is 31.0. The summed E-state index contributed by atoms with van der Waals surface area (Å²) in [6.45, 7) is 6.45. The van der Waals surface area contributed by atoms with Gasteiger partial charge in [0.15, 0.2) is 0 Å². The number of carboxylic acid groups (broad SMARTS) is 1. The smallest absolute Gasteiger partial charge is 0.327 e. The molecule has 0 aliphatic heterocycles. The van der Waals surface area contributed by atoms with E-state index in [4.69, 9.17) is 17.2 Å². The molecule has 0 bridgehead atoms. The molecular weight excluding hydrogens is 612 g/mol. The summed E-state index contributed by atoms with van der Waals surface area (Å²) in [7, 11) is 0. The normalized spacial score (nSPS) is 15.2. The molecule has 0 aliphatic carbocycles. The fourth-order valence-corrected chi connectivity index (χ4v) is 4.16. The molecular formula is C27H50N8O9S. The zero-order chi connectivity index (χ0) is 34.9. The maximum Gasteiger partial charge on any atom is 0.327 e. The van der Waals surface area contributed by atoms with Gasteiger partial charge in [-0.05, 0) is 44.1 Å². The molecule has 0 saturated heterocycles. The fraction of sp³-hybridized carbons (Fsp3) is 0.741. The van der Waals surface area contributed by atoms with Crippen molar-refractivity contribution >= 4 is 54.0 Å². The Morgan fingerprint density at radius 2 is 1.18 bits per heavy atom. The predicted octanol–water partition coefficient (Wildman–Crippen LogP) is -3.55. The van der Waals surface area contributed by atoms with Crippen molar-refractivity contribution in [1.82, 2.24) is 26.6 Å². The summed E-state index contributed by atoms with van der Waals surface area (Å²) >= 11 is 3.86. The highest BCUT2D eigenvalue weighted by Crippen LogP contribution is 2.08. The number of aliphatic hydroxyl groups is 1. The Labute approximate surface area is 268 Å². The zero-order valence-corrected chi connectivity index (χ0v) is 27.1. The Bertz CT molecular complexity index is 1030. The minimum absolute atomic E-state index is 0.0355. The van der Waals surface area contributed by atoms with Crippen LogP contribution in [-0.4, -0.2) is 107 Å². The molecule has 6 atom stereocenters. The molecule has 18 heteroatoms. The van der Waals surface area contributed by atoms with Crippen molar-refractivity contribution in [2.24, 2.45) is 29.0 Å². The molecule has 0 spiro atoms. The molecule has 0 saturated carbocycles. The number of thiol groups is 1. The van der Waals surface area contributed by atoms with Crippen LogP contribution in [0.2, 0.25) is 0 Å². The first-order valence-corrected chi connectivity index (χ1v) is 15.3. The molecule has 0 aromatic heterocycles. The van der Waals surface area contributed by atoms with E-state index in [0.717, 1.165) is 0 Å². The predicted molar refractivity (Wildman–Crippen MR) is 167 cm³/mol. The Morgan fingerprint density at radius 3 is 1.64 bits per heavy atom. The van der Waals surface area contributed by atoms with Gasteiger partial charge in [0.25, 0.3) is 0 Å². The third-order valence-electron chi connectivity index (χ3n) is 6.59. The van der Waals surface area contributed by atoms with E-state index in [-0.39, 0.29) is 30.4 Å². The average molecular weight is 663 g/mol. The van der Waals surface area contributed by atoms with E-state index in [2.05, 4.69) is 39.2 Å². The second-order valence-corrected chi connectivity index (χ2v) is 11.7. The van der Waals surface area contributed by atoms with Gasteiger partial charge in [-0.2, -0.15) is 12.6 Å². The number of nitrogens with two attached hydrogens (primary N) is 3. The second kappa shape index (κ2) is 21.3. The van der Waals surface area contributed by atoms with Gasteiger partial charge in [0.05, 0.1) is 19.1 Å². The summed E-state index contributed by atoms with van der Waals surface area (Å²) in [4.78, 5) is 87.6. The van der Waals surface area contributed by atoms with Gasteiger partial charge in [-0.3, -0.25) is 28.8 Å². The van der Waals surface area contributed by atoms with Gasteiger partial charge in [-0.15, -0.1) is 0 Å². The third kappa shape index (κ3) is 15.9. The first-order chi connectivity index (χ1) is 21.0. The zero-order valence-electron chi connectivity index (χ0n) is 26.2. The summed E-state index contributed by atoms with van der Waals surface area (Å²) in [5.74, 6) is -7.26. The van der Waals surface area contributed by atoms with E-state index in [1.54, 1.807) is 27.7 Å². The number of primary amides is 1. The highest BCUT2D eigenvalue weighted by atomic mass is 32.1. The van der Waals surface area contributed by atoms with E-state index in [9.17, 15) is 43.8 Å². The molecule has 0 radical (unpaired) electrons. The largest absolute Gasteiger partial charge is 0.480 e. The first kappa shape index (κ1) is 41.5. The van der Waals surface area contributed by atoms with Crippen LogP contribution in [0.25, 0.3) is 0 Å². The number of aliphatic hydroxyl groups excluding tert-OH is 1. The third-order valence-corrected chi connectivity index (χ3v) is 6.96. The van der Waals surface area contributed by atoms with Gasteiger partial charge in [-0.1, -0.05) is 27.7 Å². The minimum atomic E-state index is -1.58. The molecule has 0 fully saturated rings. The number of carboxylic acids is 1. The van der Waals surface area contributed by atoms with E-state index >= 15 is 0 Å². The van der Waals surface area contributed by atoms with E-state index in [0.29, 0.717) is 19.4 Å². The summed E-state index contributed by atoms with van der Waals surface area (Å²) < 4.78 is 0. The van der Waals surface area contributed by atoms with Gasteiger partial charge in [0.2, 0.25) is 35.4 Å². The van der Waals surface area contributed by atoms with Crippen molar-refractivity contribution < 1.29 is 43.8 Å². The average Bonchev–Trinajstić information content (AvgIpc) is 2.95. The number of carbonyl (C=O) groups is 7. The minimum Gasteiger partial charge on any atom is -0.480 e. The highest BCUT2D eigenvalue weighted by Gasteiger charge is 2.33. The number of hydrogen-bond donors (Lipinski definition) is 11. The lowest BCUT2D eigenvalue weighted by Crippen LogP contribution is -2.60. The van der Waals surface area contributed by atoms with Gasteiger partial charge in [0.1, 0.15) is 30.2 Å². The van der Waals surface area contributed by atoms with Crippen LogP contribution in [0.3, 0.4) is 0 Å². The van der Waals surface area contributed by atoms with Gasteiger partial charge >= 0.3 is 5.97 Å². The van der Waals surface area contributed by atoms with Crippen molar-refractivity contribution in [2.75, 3.05) is 18.9 Å². The van der Waals surface area contributed by atoms with Crippen molar-refractivity contribution in [3.8, 4) is 0 Å². The Morgan fingerprint density at radius 1 is 0.711 bits per heavy atom. The van der Waals surface area contributed by atoms with E-state index < -0.39 is 90.7 Å². The van der Waals surface area contributed by atoms with Gasteiger partial charge in [0, 0.05) is 5.75 Å². The number of hydrogen-bond acceptors (Lipinski definition) is 11. The molecule has 45 heavy (non-hydrogen) atoms. The number of rotatable bonds is 22. The van der Waals surface area contributed by atoms with Gasteiger partial charge < -0.3 is 54.0 Å². The van der Waals surface area contributed by atoms with Crippen molar-refractivity contribution in [3.05, 3.63) is 0 Å². The fourth-order valence-electron chi connectivity index (χ4n) is 3.91. The maximum absolute atomic E-state index is 13.2. The number of carbonyl (C=O) groups excluding carboxylic acids is 6. The Hall–Kier alpha value is -3.48. The number of unbranched alkanes of at least 4 members (excludes halogenated alkanes) is 1. The number of amides is 6. The lowest BCUT2D eigenvalue weighted by Gasteiger charge is -2.27. The lowest BCUT2D eigenvalue weighted by molar-refractivity contribution is -0.141. The molecule has 0 aromatic rings. The maximum atomic E-state index is 13.2. The summed E-state index contributed by atoms with van der Waals surface area (Å²) in [5.41, 5.74) is 16.7. The number of nitrogens with one attached hydrogen (secondary N) is 5. The van der Waals surface area contributed by atoms with Crippen LogP contribution in [0.5, 0.6) is 0 Å². The van der Waals surface area contributed by atoms with Crippen LogP contribution in [0.1, 0.15) is 59.8 Å². The first-order valence-electron chi connectivity index (χ1n) is 14.7. The van der Waals surface area contributed by atoms with Crippen molar-refractivity contribution in [3.63, 3.8) is 0 Å². The van der Waals surface area contributed by atoms with Crippen LogP contribution >= 0.6 is 12.6 Å². The second-order valence-electron chi connectivity index (χ2n) is 11.4. The van der Waals surface area contributed by atoms with E-state index in [1.165, 1.54) is 0 Å². The monoisotopic (exact) mass is 662 g/mol. The number of aliphatic carboxylic acids is 1.